The number of nitrogens with zero attached hydrogens (tertiary/aromatic N) is 3. The van der Waals surface area contributed by atoms with Crippen LogP contribution in [0.15, 0.2) is 30.6 Å². The molecule has 7 heteroatoms. The lowest BCUT2D eigenvalue weighted by molar-refractivity contribution is -0.120. The highest BCUT2D eigenvalue weighted by atomic mass is 16.2. The molecule has 2 saturated heterocycles. The Kier molecular flexibility index (Phi) is 6.11. The zero-order valence-electron chi connectivity index (χ0n) is 18.6. The van der Waals surface area contributed by atoms with E-state index in [0.717, 1.165) is 48.3 Å². The third kappa shape index (κ3) is 4.36. The second-order valence-electron chi connectivity index (χ2n) is 9.71. The largest absolute Gasteiger partial charge is 0.328 e. The summed E-state index contributed by atoms with van der Waals surface area (Å²) < 4.78 is 0. The average Bonchev–Trinajstić information content (AvgIpc) is 2.81. The van der Waals surface area contributed by atoms with E-state index in [4.69, 9.17) is 5.73 Å². The predicted octanol–water partition coefficient (Wildman–Crippen LogP) is 3.38. The van der Waals surface area contributed by atoms with Gasteiger partial charge in [-0.2, -0.15) is 0 Å². The van der Waals surface area contributed by atoms with Gasteiger partial charge in [0, 0.05) is 42.5 Å². The number of imide groups is 1. The van der Waals surface area contributed by atoms with E-state index in [0.29, 0.717) is 24.9 Å². The van der Waals surface area contributed by atoms with E-state index in [1.807, 2.05) is 6.20 Å². The molecule has 3 fully saturated rings. The van der Waals surface area contributed by atoms with Gasteiger partial charge in [0.2, 0.25) is 5.91 Å². The average molecular weight is 436 g/mol. The van der Waals surface area contributed by atoms with E-state index in [1.165, 1.54) is 37.8 Å². The minimum absolute atomic E-state index is 0.219. The maximum absolute atomic E-state index is 12.4. The van der Waals surface area contributed by atoms with E-state index in [-0.39, 0.29) is 11.9 Å². The van der Waals surface area contributed by atoms with Gasteiger partial charge < -0.3 is 10.6 Å². The summed E-state index contributed by atoms with van der Waals surface area (Å²) in [5.74, 6) is 1.09. The number of piperidine rings is 1. The zero-order valence-corrected chi connectivity index (χ0v) is 18.6. The Morgan fingerprint density at radius 3 is 2.50 bits per heavy atom. The lowest BCUT2D eigenvalue weighted by Gasteiger charge is -2.36. The van der Waals surface area contributed by atoms with Gasteiger partial charge in [0.1, 0.15) is 0 Å². The number of urea groups is 1. The summed E-state index contributed by atoms with van der Waals surface area (Å²) in [4.78, 5) is 32.7. The highest BCUT2D eigenvalue weighted by molar-refractivity contribution is 6.10. The molecule has 2 aliphatic heterocycles. The number of nitrogens with one attached hydrogen (secondary N) is 1. The monoisotopic (exact) mass is 435 g/mol. The van der Waals surface area contributed by atoms with Crippen LogP contribution >= 0.6 is 0 Å². The van der Waals surface area contributed by atoms with Crippen LogP contribution in [0.25, 0.3) is 10.8 Å². The van der Waals surface area contributed by atoms with Crippen molar-refractivity contribution in [2.24, 2.45) is 11.7 Å². The molecular weight excluding hydrogens is 402 g/mol. The van der Waals surface area contributed by atoms with Gasteiger partial charge in [0.05, 0.1) is 11.9 Å². The molecule has 3 N–H and O–H groups in total. The molecule has 1 saturated carbocycles. The number of carbonyl (C=O) groups is 2. The molecule has 1 aliphatic carbocycles. The fraction of sp³-hybridized carbons (Fsp3) is 0.560. The smallest absolute Gasteiger partial charge is 0.328 e. The molecule has 1 aromatic heterocycles. The van der Waals surface area contributed by atoms with Crippen molar-refractivity contribution in [1.82, 2.24) is 15.2 Å². The molecule has 0 bridgehead atoms. The summed E-state index contributed by atoms with van der Waals surface area (Å²) in [5.41, 5.74) is 8.18. The fourth-order valence-electron chi connectivity index (χ4n) is 5.73. The van der Waals surface area contributed by atoms with Crippen LogP contribution < -0.4 is 16.0 Å². The predicted molar refractivity (Wildman–Crippen MR) is 126 cm³/mol. The Bertz CT molecular complexity index is 993. The molecule has 3 heterocycles. The van der Waals surface area contributed by atoms with E-state index < -0.39 is 0 Å². The summed E-state index contributed by atoms with van der Waals surface area (Å²) in [6.07, 6.45) is 11.2. The number of rotatable bonds is 4. The Labute approximate surface area is 189 Å². The first-order chi connectivity index (χ1) is 15.6. The molecule has 3 aliphatic rings. The van der Waals surface area contributed by atoms with Crippen molar-refractivity contribution in [1.29, 1.82) is 0 Å². The first kappa shape index (κ1) is 21.3. The van der Waals surface area contributed by atoms with Crippen molar-refractivity contribution in [3.8, 4) is 0 Å². The summed E-state index contributed by atoms with van der Waals surface area (Å²) in [5, 5.41) is 4.57. The van der Waals surface area contributed by atoms with Crippen molar-refractivity contribution >= 4 is 28.4 Å². The van der Waals surface area contributed by atoms with Crippen LogP contribution in [0.2, 0.25) is 0 Å². The maximum Gasteiger partial charge on any atom is 0.328 e. The molecule has 0 atom stereocenters. The summed E-state index contributed by atoms with van der Waals surface area (Å²) >= 11 is 0. The van der Waals surface area contributed by atoms with Crippen molar-refractivity contribution in [3.05, 3.63) is 36.2 Å². The van der Waals surface area contributed by atoms with Crippen LogP contribution in [0.3, 0.4) is 0 Å². The van der Waals surface area contributed by atoms with E-state index in [9.17, 15) is 9.59 Å². The Morgan fingerprint density at radius 2 is 1.75 bits per heavy atom. The molecule has 0 radical (unpaired) electrons. The number of likely N-dealkylation sites (tertiary alicyclic amines) is 1. The van der Waals surface area contributed by atoms with Gasteiger partial charge in [0.15, 0.2) is 0 Å². The molecular formula is C25H33N5O2. The third-order valence-corrected chi connectivity index (χ3v) is 7.60. The lowest BCUT2D eigenvalue weighted by atomic mass is 9.84. The summed E-state index contributed by atoms with van der Waals surface area (Å²) in [6.45, 7) is 3.87. The molecule has 0 spiro atoms. The number of aromatic nitrogens is 1. The van der Waals surface area contributed by atoms with E-state index in [1.54, 1.807) is 11.1 Å². The first-order valence-corrected chi connectivity index (χ1v) is 12.0. The number of anilines is 1. The SMILES string of the molecule is N[C@H]1CC[C@H](CN2CCC(c3cccc4c(N5CCC(=O)NC5=O)cncc34)CC2)CC1. The van der Waals surface area contributed by atoms with Gasteiger partial charge in [-0.3, -0.25) is 20.0 Å². The van der Waals surface area contributed by atoms with Gasteiger partial charge in [-0.25, -0.2) is 4.79 Å². The molecule has 3 amide bonds. The minimum Gasteiger partial charge on any atom is -0.328 e. The highest BCUT2D eigenvalue weighted by Crippen LogP contribution is 2.36. The Balaban J connectivity index is 1.30. The number of nitrogens with two attached hydrogens (primary N) is 1. The number of hydrogen-bond donors (Lipinski definition) is 2. The van der Waals surface area contributed by atoms with Gasteiger partial charge in [0.25, 0.3) is 0 Å². The number of benzene rings is 1. The van der Waals surface area contributed by atoms with Gasteiger partial charge in [-0.05, 0) is 69.0 Å². The van der Waals surface area contributed by atoms with Crippen molar-refractivity contribution in [3.63, 3.8) is 0 Å². The molecule has 1 aromatic carbocycles. The van der Waals surface area contributed by atoms with Crippen LogP contribution in [0, 0.1) is 5.92 Å². The van der Waals surface area contributed by atoms with Crippen LogP contribution in [0.1, 0.15) is 56.4 Å². The van der Waals surface area contributed by atoms with E-state index in [2.05, 4.69) is 33.4 Å². The van der Waals surface area contributed by atoms with Crippen molar-refractivity contribution < 1.29 is 9.59 Å². The zero-order chi connectivity index (χ0) is 22.1. The van der Waals surface area contributed by atoms with E-state index >= 15 is 0 Å². The third-order valence-electron chi connectivity index (χ3n) is 7.60. The van der Waals surface area contributed by atoms with Crippen LogP contribution in [0.5, 0.6) is 0 Å². The normalized spacial score (nSPS) is 25.8. The second-order valence-corrected chi connectivity index (χ2v) is 9.71. The number of fused-ring (bicyclic) bond motifs is 1. The summed E-state index contributed by atoms with van der Waals surface area (Å²) in [6, 6.07) is 6.42. The number of hydrogen-bond acceptors (Lipinski definition) is 5. The number of carbonyl (C=O) groups excluding carboxylic acids is 2. The maximum atomic E-state index is 12.4. The van der Waals surface area contributed by atoms with Crippen LogP contribution in [0.4, 0.5) is 10.5 Å². The molecule has 0 unspecified atom stereocenters. The molecule has 7 nitrogen and oxygen atoms in total. The highest BCUT2D eigenvalue weighted by Gasteiger charge is 2.28. The molecule has 32 heavy (non-hydrogen) atoms. The molecule has 2 aromatic rings. The second kappa shape index (κ2) is 9.16. The van der Waals surface area contributed by atoms with Gasteiger partial charge >= 0.3 is 6.03 Å². The van der Waals surface area contributed by atoms with Gasteiger partial charge in [-0.15, -0.1) is 0 Å². The number of pyridine rings is 1. The summed E-state index contributed by atoms with van der Waals surface area (Å²) in [7, 11) is 0. The first-order valence-electron chi connectivity index (χ1n) is 12.0. The number of amides is 3. The van der Waals surface area contributed by atoms with Crippen molar-refractivity contribution in [2.45, 2.75) is 56.9 Å². The molecule has 170 valence electrons. The minimum atomic E-state index is -0.363. The van der Waals surface area contributed by atoms with Crippen LogP contribution in [-0.2, 0) is 4.79 Å². The van der Waals surface area contributed by atoms with Crippen LogP contribution in [-0.4, -0.2) is 54.0 Å². The van der Waals surface area contributed by atoms with Gasteiger partial charge in [-0.1, -0.05) is 18.2 Å². The fourth-order valence-corrected chi connectivity index (χ4v) is 5.73. The topological polar surface area (TPSA) is 91.6 Å². The lowest BCUT2D eigenvalue weighted by Crippen LogP contribution is -2.49. The Hall–Kier alpha value is -2.51. The Morgan fingerprint density at radius 1 is 0.969 bits per heavy atom. The quantitative estimate of drug-likeness (QED) is 0.768. The molecule has 5 rings (SSSR count). The standard InChI is InChI=1S/C25H33N5O2/c26-19-6-4-17(5-7-19)16-29-11-8-18(9-12-29)20-2-1-3-21-22(20)14-27-15-23(21)30-13-10-24(31)28-25(30)32/h1-3,14-15,17-19H,4-13,16,26H2,(H,28,31,32)/t17-,19-. The van der Waals surface area contributed by atoms with Crippen molar-refractivity contribution in [2.75, 3.05) is 31.1 Å².